The molecule has 1 unspecified atom stereocenters. The Morgan fingerprint density at radius 3 is 2.13 bits per heavy atom. The molecule has 6 nitrogen and oxygen atoms in total. The first kappa shape index (κ1) is 26.2. The van der Waals surface area contributed by atoms with E-state index in [2.05, 4.69) is 11.0 Å². The van der Waals surface area contributed by atoms with Gasteiger partial charge in [-0.25, -0.2) is 0 Å². The van der Waals surface area contributed by atoms with E-state index in [9.17, 15) is 14.7 Å². The van der Waals surface area contributed by atoms with Gasteiger partial charge in [-0.3, -0.25) is 14.5 Å². The van der Waals surface area contributed by atoms with Crippen molar-refractivity contribution in [2.24, 2.45) is 5.92 Å². The highest BCUT2D eigenvalue weighted by Gasteiger charge is 2.34. The summed E-state index contributed by atoms with van der Waals surface area (Å²) in [5.41, 5.74) is 1.22. The predicted octanol–water partition coefficient (Wildman–Crippen LogP) is 1.74. The number of ether oxygens (including phenoxy) is 1. The number of piperidine rings is 1. The highest BCUT2D eigenvalue weighted by atomic mass is 35.5. The molecule has 0 bridgehead atoms. The van der Waals surface area contributed by atoms with Gasteiger partial charge in [0, 0.05) is 29.6 Å². The lowest BCUT2D eigenvalue weighted by atomic mass is 9.91. The number of aliphatic hydroxyl groups is 1. The Kier molecular flexibility index (Phi) is 7.65. The van der Waals surface area contributed by atoms with Gasteiger partial charge in [0.15, 0.2) is 0 Å². The van der Waals surface area contributed by atoms with Gasteiger partial charge < -0.3 is 27.2 Å². The van der Waals surface area contributed by atoms with Gasteiger partial charge >= 0.3 is 0 Å². The molecule has 7 heteroatoms. The van der Waals surface area contributed by atoms with Crippen LogP contribution in [0, 0.1) is 5.92 Å². The number of carbonyl (C=O) groups excluding carboxylic acids is 2. The molecule has 0 radical (unpaired) electrons. The van der Waals surface area contributed by atoms with Gasteiger partial charge in [0.25, 0.3) is 11.8 Å². The topological polar surface area (TPSA) is 70.1 Å². The number of fused-ring (bicyclic) bond motifs is 1. The number of carbonyl (C=O) groups is 2. The first-order chi connectivity index (χ1) is 18.1. The van der Waals surface area contributed by atoms with Gasteiger partial charge in [0.05, 0.1) is 0 Å². The number of amides is 2. The van der Waals surface area contributed by atoms with Crippen LogP contribution < -0.4 is 17.1 Å². The average Bonchev–Trinajstić information content (AvgIpc) is 2.93. The molecule has 2 heterocycles. The van der Waals surface area contributed by atoms with Crippen molar-refractivity contribution in [1.82, 2.24) is 9.80 Å². The van der Waals surface area contributed by atoms with Crippen LogP contribution in [-0.2, 0) is 0 Å². The van der Waals surface area contributed by atoms with Gasteiger partial charge in [-0.2, -0.15) is 0 Å². The molecule has 1 fully saturated rings. The quantitative estimate of drug-likeness (QED) is 0.369. The number of benzene rings is 4. The van der Waals surface area contributed by atoms with Crippen LogP contribution in [0.15, 0.2) is 78.9 Å². The van der Waals surface area contributed by atoms with E-state index >= 15 is 0 Å². The summed E-state index contributed by atoms with van der Waals surface area (Å²) in [5.74, 6) is 0.611. The lowest BCUT2D eigenvalue weighted by Crippen LogP contribution is -3.00. The summed E-state index contributed by atoms with van der Waals surface area (Å²) in [4.78, 5) is 30.1. The van der Waals surface area contributed by atoms with E-state index in [0.717, 1.165) is 53.2 Å². The maximum Gasteiger partial charge on any atom is 0.261 e. The third kappa shape index (κ3) is 5.12. The third-order valence-corrected chi connectivity index (χ3v) is 7.64. The Morgan fingerprint density at radius 2 is 1.45 bits per heavy atom. The van der Waals surface area contributed by atoms with Gasteiger partial charge in [-0.15, -0.1) is 0 Å². The Balaban J connectivity index is 0.00000294. The van der Waals surface area contributed by atoms with Crippen molar-refractivity contribution >= 4 is 33.4 Å². The second-order valence-electron chi connectivity index (χ2n) is 10.1. The summed E-state index contributed by atoms with van der Waals surface area (Å²) in [5, 5.41) is 14.5. The summed E-state index contributed by atoms with van der Waals surface area (Å²) in [6, 6.07) is 25.3. The van der Waals surface area contributed by atoms with Gasteiger partial charge in [-0.1, -0.05) is 54.6 Å². The summed E-state index contributed by atoms with van der Waals surface area (Å²) in [6.07, 6.45) is 1.16. The van der Waals surface area contributed by atoms with Crippen molar-refractivity contribution < 1.29 is 31.8 Å². The molecule has 4 aromatic rings. The summed E-state index contributed by atoms with van der Waals surface area (Å²) in [6.45, 7) is 2.85. The molecule has 1 N–H and O–H groups in total. The second-order valence-corrected chi connectivity index (χ2v) is 10.1. The number of aliphatic hydroxyl groups excluding tert-OH is 1. The number of hydrogen-bond donors (Lipinski definition) is 1. The molecule has 2 aliphatic rings. The fraction of sp³-hybridized carbons (Fsp3) is 0.290. The minimum absolute atomic E-state index is 0. The number of imide groups is 1. The molecule has 0 spiro atoms. The van der Waals surface area contributed by atoms with E-state index in [0.29, 0.717) is 24.2 Å². The molecule has 1 atom stereocenters. The zero-order valence-corrected chi connectivity index (χ0v) is 21.8. The molecule has 0 aromatic heterocycles. The normalized spacial score (nSPS) is 17.0. The summed E-state index contributed by atoms with van der Waals surface area (Å²) in [7, 11) is 0. The van der Waals surface area contributed by atoms with E-state index < -0.39 is 6.10 Å². The Bertz CT molecular complexity index is 1430. The molecule has 0 aliphatic carbocycles. The fourth-order valence-electron chi connectivity index (χ4n) is 5.66. The van der Waals surface area contributed by atoms with E-state index in [1.165, 1.54) is 4.90 Å². The Labute approximate surface area is 228 Å². The summed E-state index contributed by atoms with van der Waals surface area (Å²) < 4.78 is 5.86. The van der Waals surface area contributed by atoms with Crippen molar-refractivity contribution in [2.75, 3.05) is 32.8 Å². The lowest BCUT2D eigenvalue weighted by Gasteiger charge is -2.36. The third-order valence-electron chi connectivity index (χ3n) is 7.64. The minimum Gasteiger partial charge on any atom is -1.00 e. The van der Waals surface area contributed by atoms with E-state index in [4.69, 9.17) is 4.74 Å². The van der Waals surface area contributed by atoms with Gasteiger partial charge in [0.2, 0.25) is 0 Å². The molecule has 1 saturated heterocycles. The van der Waals surface area contributed by atoms with Crippen LogP contribution in [0.25, 0.3) is 21.5 Å². The zero-order valence-electron chi connectivity index (χ0n) is 21.1. The van der Waals surface area contributed by atoms with Crippen LogP contribution in [-0.4, -0.2) is 65.6 Å². The van der Waals surface area contributed by atoms with Crippen LogP contribution in [0.3, 0.4) is 0 Å². The van der Waals surface area contributed by atoms with E-state index in [1.54, 1.807) is 0 Å². The van der Waals surface area contributed by atoms with E-state index in [1.807, 2.05) is 72.8 Å². The van der Waals surface area contributed by atoms with Crippen LogP contribution >= 0.6 is 0 Å². The van der Waals surface area contributed by atoms with E-state index in [-0.39, 0.29) is 36.7 Å². The first-order valence-corrected chi connectivity index (χ1v) is 13.0. The van der Waals surface area contributed by atoms with Crippen LogP contribution in [0.2, 0.25) is 0 Å². The average molecular weight is 530 g/mol. The molecule has 2 aliphatic heterocycles. The molecular formula is C31H30ClN2O4-. The molecule has 196 valence electrons. The molecule has 38 heavy (non-hydrogen) atoms. The van der Waals surface area contributed by atoms with Crippen molar-refractivity contribution in [3.63, 3.8) is 0 Å². The number of rotatable bonds is 7. The van der Waals surface area contributed by atoms with Crippen molar-refractivity contribution in [3.8, 4) is 5.75 Å². The second kappa shape index (κ2) is 11.1. The Hall–Kier alpha value is -3.45. The highest BCUT2D eigenvalue weighted by molar-refractivity contribution is 6.25. The number of nitrogens with zero attached hydrogens (tertiary/aromatic N) is 2. The molecular weight excluding hydrogens is 500 g/mol. The monoisotopic (exact) mass is 529 g/mol. The van der Waals surface area contributed by atoms with Crippen LogP contribution in [0.1, 0.15) is 33.6 Å². The van der Waals surface area contributed by atoms with Gasteiger partial charge in [0.1, 0.15) is 18.5 Å². The maximum absolute atomic E-state index is 13.2. The standard InChI is InChI=1S/C31H30N2O4.ClH/c34-25(20-37-26-12-11-22-5-1-2-6-24(22)17-26)19-32-15-13-21(14-16-32)18-33-30(35)27-9-3-7-23-8-4-10-28(29(23)27)31(33)36;/h1-12,17,21,25,34H,13-16,18-20H2;1H/p-1. The number of β-amino-alcohol motifs (C(OH)–C–C–N with tert-alkyl or cyclic N) is 1. The fourth-order valence-corrected chi connectivity index (χ4v) is 5.66. The molecule has 4 aromatic carbocycles. The highest BCUT2D eigenvalue weighted by Crippen LogP contribution is 2.31. The Morgan fingerprint density at radius 1 is 0.816 bits per heavy atom. The van der Waals surface area contributed by atoms with Crippen molar-refractivity contribution in [3.05, 3.63) is 90.0 Å². The van der Waals surface area contributed by atoms with Crippen molar-refractivity contribution in [2.45, 2.75) is 18.9 Å². The summed E-state index contributed by atoms with van der Waals surface area (Å²) >= 11 is 0. The zero-order chi connectivity index (χ0) is 25.4. The van der Waals surface area contributed by atoms with Gasteiger partial charge in [-0.05, 0) is 72.3 Å². The maximum atomic E-state index is 13.2. The number of hydrogen-bond acceptors (Lipinski definition) is 5. The molecule has 2 amide bonds. The smallest absolute Gasteiger partial charge is 0.261 e. The SMILES string of the molecule is O=C1c2cccc3cccc(c23)C(=O)N1CC1CCN(CC(O)COc2ccc3ccccc3c2)CC1.[Cl-]. The predicted molar refractivity (Wildman–Crippen MR) is 144 cm³/mol. The number of halogens is 1. The largest absolute Gasteiger partial charge is 1.00 e. The minimum atomic E-state index is -0.592. The molecule has 6 rings (SSSR count). The number of likely N-dealkylation sites (tertiary alicyclic amines) is 1. The lowest BCUT2D eigenvalue weighted by molar-refractivity contribution is -0.0000367. The molecule has 0 saturated carbocycles. The van der Waals surface area contributed by atoms with Crippen LogP contribution in [0.5, 0.6) is 5.75 Å². The van der Waals surface area contributed by atoms with Crippen LogP contribution in [0.4, 0.5) is 0 Å². The first-order valence-electron chi connectivity index (χ1n) is 13.0. The van der Waals surface area contributed by atoms with Crippen molar-refractivity contribution in [1.29, 1.82) is 0 Å².